The van der Waals surface area contributed by atoms with Crippen LogP contribution < -0.4 is 21.7 Å². The number of nitrogens with two attached hydrogens (primary N) is 1. The number of hydrogen-bond acceptors (Lipinski definition) is 3. The molecule has 1 atom stereocenters. The number of urea groups is 1. The topological polar surface area (TPSA) is 134 Å². The lowest BCUT2D eigenvalue weighted by molar-refractivity contribution is -0.118. The summed E-state index contributed by atoms with van der Waals surface area (Å²) in [5.41, 5.74) is 5.30. The molecule has 126 valence electrons. The third-order valence-corrected chi connectivity index (χ3v) is 3.51. The minimum Gasteiger partial charge on any atom is -0.465 e. The van der Waals surface area contributed by atoms with Gasteiger partial charge in [-0.05, 0) is 31.0 Å². The van der Waals surface area contributed by atoms with Gasteiger partial charge in [0.05, 0.1) is 10.0 Å². The number of primary amides is 1. The first-order chi connectivity index (χ1) is 10.8. The highest BCUT2D eigenvalue weighted by molar-refractivity contribution is 6.42. The zero-order valence-corrected chi connectivity index (χ0v) is 13.4. The van der Waals surface area contributed by atoms with E-state index in [0.717, 1.165) is 0 Å². The molecule has 0 saturated carbocycles. The van der Waals surface area contributed by atoms with E-state index in [0.29, 0.717) is 17.1 Å². The zero-order valence-electron chi connectivity index (χ0n) is 11.9. The number of benzene rings is 1. The molecule has 0 aliphatic rings. The average molecular weight is 363 g/mol. The molecule has 10 heteroatoms. The molecule has 0 saturated heterocycles. The van der Waals surface area contributed by atoms with Crippen LogP contribution in [0, 0.1) is 0 Å². The van der Waals surface area contributed by atoms with Crippen molar-refractivity contribution in [3.8, 4) is 0 Å². The summed E-state index contributed by atoms with van der Waals surface area (Å²) in [5.74, 6) is -0.551. The van der Waals surface area contributed by atoms with Gasteiger partial charge in [0.1, 0.15) is 6.04 Å². The van der Waals surface area contributed by atoms with Crippen molar-refractivity contribution in [2.24, 2.45) is 5.73 Å². The van der Waals surface area contributed by atoms with Gasteiger partial charge in [0.15, 0.2) is 0 Å². The van der Waals surface area contributed by atoms with Gasteiger partial charge in [-0.1, -0.05) is 23.2 Å². The SMILES string of the molecule is NC(=O)NCCC[C@H](NC(=O)O)C(=O)Nc1ccc(Cl)c(Cl)c1. The fourth-order valence-corrected chi connectivity index (χ4v) is 2.04. The Balaban J connectivity index is 2.64. The fraction of sp³-hybridized carbons (Fsp3) is 0.308. The quantitative estimate of drug-likeness (QED) is 0.474. The first kappa shape index (κ1) is 18.9. The molecule has 0 spiro atoms. The fourth-order valence-electron chi connectivity index (χ4n) is 1.74. The van der Waals surface area contributed by atoms with Gasteiger partial charge in [-0.25, -0.2) is 9.59 Å². The molecule has 1 rings (SSSR count). The second-order valence-corrected chi connectivity index (χ2v) is 5.37. The van der Waals surface area contributed by atoms with E-state index < -0.39 is 24.1 Å². The molecule has 0 unspecified atom stereocenters. The van der Waals surface area contributed by atoms with Crippen molar-refractivity contribution in [2.75, 3.05) is 11.9 Å². The number of carboxylic acid groups (broad SMARTS) is 1. The number of halogens is 2. The normalized spacial score (nSPS) is 11.4. The van der Waals surface area contributed by atoms with Gasteiger partial charge in [0.2, 0.25) is 5.91 Å². The van der Waals surface area contributed by atoms with E-state index in [-0.39, 0.29) is 18.0 Å². The lowest BCUT2D eigenvalue weighted by Gasteiger charge is -2.17. The van der Waals surface area contributed by atoms with Crippen LogP contribution in [0.25, 0.3) is 0 Å². The maximum absolute atomic E-state index is 12.1. The summed E-state index contributed by atoms with van der Waals surface area (Å²) in [6.45, 7) is 0.229. The maximum Gasteiger partial charge on any atom is 0.405 e. The molecule has 1 aromatic rings. The summed E-state index contributed by atoms with van der Waals surface area (Å²) >= 11 is 11.6. The Morgan fingerprint density at radius 1 is 1.22 bits per heavy atom. The maximum atomic E-state index is 12.1. The Labute approximate surface area is 142 Å². The van der Waals surface area contributed by atoms with Crippen LogP contribution in [-0.4, -0.2) is 35.7 Å². The Kier molecular flexibility index (Phi) is 7.43. The van der Waals surface area contributed by atoms with Gasteiger partial charge in [-0.2, -0.15) is 0 Å². The van der Waals surface area contributed by atoms with Crippen molar-refractivity contribution in [2.45, 2.75) is 18.9 Å². The summed E-state index contributed by atoms with van der Waals surface area (Å²) in [6.07, 6.45) is -0.787. The number of carbonyl (C=O) groups is 3. The molecule has 0 aromatic heterocycles. The minimum atomic E-state index is -1.33. The van der Waals surface area contributed by atoms with E-state index >= 15 is 0 Å². The van der Waals surface area contributed by atoms with Crippen molar-refractivity contribution in [1.29, 1.82) is 0 Å². The van der Waals surface area contributed by atoms with E-state index in [9.17, 15) is 14.4 Å². The lowest BCUT2D eigenvalue weighted by atomic mass is 10.1. The number of carbonyl (C=O) groups excluding carboxylic acids is 2. The summed E-state index contributed by atoms with van der Waals surface area (Å²) in [6, 6.07) is 2.83. The van der Waals surface area contributed by atoms with Gasteiger partial charge >= 0.3 is 12.1 Å². The van der Waals surface area contributed by atoms with Gasteiger partial charge in [-0.15, -0.1) is 0 Å². The lowest BCUT2D eigenvalue weighted by Crippen LogP contribution is -2.43. The summed E-state index contributed by atoms with van der Waals surface area (Å²) in [7, 11) is 0. The first-order valence-electron chi connectivity index (χ1n) is 6.58. The Morgan fingerprint density at radius 2 is 1.91 bits per heavy atom. The second-order valence-electron chi connectivity index (χ2n) is 4.55. The monoisotopic (exact) mass is 362 g/mol. The highest BCUT2D eigenvalue weighted by Crippen LogP contribution is 2.25. The predicted octanol–water partition coefficient (Wildman–Crippen LogP) is 2.02. The molecule has 0 aliphatic heterocycles. The first-order valence-corrected chi connectivity index (χ1v) is 7.34. The van der Waals surface area contributed by atoms with Gasteiger partial charge in [0, 0.05) is 12.2 Å². The molecular formula is C13H16Cl2N4O4. The van der Waals surface area contributed by atoms with Gasteiger partial charge in [0.25, 0.3) is 0 Å². The largest absolute Gasteiger partial charge is 0.465 e. The molecule has 23 heavy (non-hydrogen) atoms. The number of nitrogens with one attached hydrogen (secondary N) is 3. The van der Waals surface area contributed by atoms with Crippen molar-refractivity contribution < 1.29 is 19.5 Å². The molecule has 4 amide bonds. The summed E-state index contributed by atoms with van der Waals surface area (Å²) in [5, 5.41) is 16.4. The second kappa shape index (κ2) is 9.06. The smallest absolute Gasteiger partial charge is 0.405 e. The standard InChI is InChI=1S/C13H16Cl2N4O4/c14-8-4-3-7(6-9(8)15)18-11(20)10(19-13(22)23)2-1-5-17-12(16)21/h3-4,6,10,19H,1-2,5H2,(H,18,20)(H,22,23)(H3,16,17,21)/t10-/m0/s1. The summed E-state index contributed by atoms with van der Waals surface area (Å²) in [4.78, 5) is 33.5. The molecule has 0 aliphatic carbocycles. The van der Waals surface area contributed by atoms with Gasteiger partial charge < -0.3 is 26.8 Å². The van der Waals surface area contributed by atoms with Crippen molar-refractivity contribution in [3.05, 3.63) is 28.2 Å². The Hall–Kier alpha value is -2.19. The molecule has 0 heterocycles. The molecule has 6 N–H and O–H groups in total. The number of hydrogen-bond donors (Lipinski definition) is 5. The number of anilines is 1. The van der Waals surface area contributed by atoms with Crippen LogP contribution >= 0.6 is 23.2 Å². The highest BCUT2D eigenvalue weighted by atomic mass is 35.5. The van der Waals surface area contributed by atoms with Crippen LogP contribution in [0.5, 0.6) is 0 Å². The van der Waals surface area contributed by atoms with Crippen LogP contribution in [0.15, 0.2) is 18.2 Å². The Morgan fingerprint density at radius 3 is 2.48 bits per heavy atom. The van der Waals surface area contributed by atoms with Crippen molar-refractivity contribution >= 4 is 46.9 Å². The van der Waals surface area contributed by atoms with E-state index in [1.165, 1.54) is 12.1 Å². The highest BCUT2D eigenvalue weighted by Gasteiger charge is 2.20. The predicted molar refractivity (Wildman–Crippen MR) is 86.9 cm³/mol. The van der Waals surface area contributed by atoms with Crippen LogP contribution in [0.1, 0.15) is 12.8 Å². The molecule has 8 nitrogen and oxygen atoms in total. The molecule has 0 bridgehead atoms. The number of amides is 4. The Bertz CT molecular complexity index is 597. The van der Waals surface area contributed by atoms with E-state index in [1.54, 1.807) is 6.07 Å². The van der Waals surface area contributed by atoms with E-state index in [1.807, 2.05) is 0 Å². The molecule has 1 aromatic carbocycles. The van der Waals surface area contributed by atoms with Crippen molar-refractivity contribution in [3.63, 3.8) is 0 Å². The van der Waals surface area contributed by atoms with Gasteiger partial charge in [-0.3, -0.25) is 4.79 Å². The average Bonchev–Trinajstić information content (AvgIpc) is 2.45. The van der Waals surface area contributed by atoms with Crippen LogP contribution in [-0.2, 0) is 4.79 Å². The van der Waals surface area contributed by atoms with Crippen LogP contribution in [0.3, 0.4) is 0 Å². The van der Waals surface area contributed by atoms with E-state index in [4.69, 9.17) is 34.0 Å². The van der Waals surface area contributed by atoms with Crippen molar-refractivity contribution in [1.82, 2.24) is 10.6 Å². The molecule has 0 radical (unpaired) electrons. The minimum absolute atomic E-state index is 0.180. The zero-order chi connectivity index (χ0) is 17.4. The third-order valence-electron chi connectivity index (χ3n) is 2.77. The van der Waals surface area contributed by atoms with Crippen LogP contribution in [0.2, 0.25) is 10.0 Å². The van der Waals surface area contributed by atoms with E-state index in [2.05, 4.69) is 16.0 Å². The summed E-state index contributed by atoms with van der Waals surface area (Å²) < 4.78 is 0. The molecule has 0 fully saturated rings. The van der Waals surface area contributed by atoms with Crippen LogP contribution in [0.4, 0.5) is 15.3 Å². The molecular weight excluding hydrogens is 347 g/mol. The number of rotatable bonds is 7. The third kappa shape index (κ3) is 7.07.